The molecule has 0 unspecified atom stereocenters. The molecule has 0 aliphatic carbocycles. The van der Waals surface area contributed by atoms with Gasteiger partial charge in [-0.25, -0.2) is 4.98 Å². The number of anilines is 4. The van der Waals surface area contributed by atoms with Crippen molar-refractivity contribution in [1.82, 2.24) is 18.7 Å². The van der Waals surface area contributed by atoms with Crippen LogP contribution in [-0.2, 0) is 40.4 Å². The second-order valence-corrected chi connectivity index (χ2v) is 25.8. The maximum absolute atomic E-state index is 9.04. The number of aromatic nitrogens is 4. The van der Waals surface area contributed by atoms with Crippen LogP contribution in [0.4, 0.5) is 22.7 Å². The van der Waals surface area contributed by atoms with Gasteiger partial charge in [0.25, 0.3) is 0 Å². The molecule has 12 aromatic rings. The summed E-state index contributed by atoms with van der Waals surface area (Å²) in [5.41, 5.74) is 9.49. The van der Waals surface area contributed by atoms with Crippen molar-refractivity contribution in [3.05, 3.63) is 194 Å². The van der Waals surface area contributed by atoms with E-state index in [0.717, 1.165) is 66.1 Å². The van der Waals surface area contributed by atoms with Gasteiger partial charge < -0.3 is 28.2 Å². The van der Waals surface area contributed by atoms with Crippen LogP contribution in [0.2, 0.25) is 19.6 Å². The van der Waals surface area contributed by atoms with Gasteiger partial charge in [0.15, 0.2) is 0 Å². The van der Waals surface area contributed by atoms with Gasteiger partial charge in [-0.3, -0.25) is 0 Å². The Bertz CT molecular complexity index is 4270. The van der Waals surface area contributed by atoms with Crippen molar-refractivity contribution in [3.63, 3.8) is 0 Å². The van der Waals surface area contributed by atoms with Crippen molar-refractivity contribution in [1.29, 1.82) is 0 Å². The number of rotatable bonds is 7. The fourth-order valence-corrected chi connectivity index (χ4v) is 11.9. The van der Waals surface area contributed by atoms with E-state index >= 15 is 0 Å². The first-order valence-electron chi connectivity index (χ1n) is 27.0. The van der Waals surface area contributed by atoms with Crippen LogP contribution in [-0.4, -0.2) is 26.8 Å². The maximum Gasteiger partial charge on any atom is 0.135 e. The van der Waals surface area contributed by atoms with E-state index in [1.165, 1.54) is 14.7 Å². The number of pyridine rings is 1. The molecule has 0 amide bonds. The van der Waals surface area contributed by atoms with Crippen LogP contribution in [0.25, 0.3) is 82.4 Å². The molecule has 0 spiro atoms. The molecule has 8 aromatic carbocycles. The molecule has 0 N–H and O–H groups in total. The first-order valence-corrected chi connectivity index (χ1v) is 27.5. The first-order chi connectivity index (χ1) is 36.7. The van der Waals surface area contributed by atoms with Crippen LogP contribution >= 0.6 is 0 Å². The van der Waals surface area contributed by atoms with Gasteiger partial charge >= 0.3 is 0 Å². The minimum atomic E-state index is -2.64. The van der Waals surface area contributed by atoms with Gasteiger partial charge in [-0.05, 0) is 64.4 Å². The van der Waals surface area contributed by atoms with Gasteiger partial charge in [0, 0.05) is 116 Å². The van der Waals surface area contributed by atoms with E-state index in [-0.39, 0.29) is 26.5 Å². The predicted octanol–water partition coefficient (Wildman–Crippen LogP) is 15.8. The van der Waals surface area contributed by atoms with Gasteiger partial charge in [0.1, 0.15) is 5.82 Å². The average Bonchev–Trinajstić information content (AvgIpc) is 3.88. The van der Waals surface area contributed by atoms with Crippen LogP contribution in [0.15, 0.2) is 170 Å². The minimum absolute atomic E-state index is 0. The summed E-state index contributed by atoms with van der Waals surface area (Å²) in [6.07, 6.45) is 1.99. The van der Waals surface area contributed by atoms with E-state index in [4.69, 9.17) is 17.9 Å². The molecule has 0 saturated carbocycles. The van der Waals surface area contributed by atoms with Gasteiger partial charge in [0.2, 0.25) is 0 Å². The Balaban J connectivity index is 0.00000609. The van der Waals surface area contributed by atoms with Crippen molar-refractivity contribution in [2.24, 2.45) is 14.0 Å². The normalized spacial score (nSPS) is 14.6. The number of ether oxygens (including phenoxy) is 1. The molecule has 13 rings (SSSR count). The van der Waals surface area contributed by atoms with Crippen LogP contribution < -0.4 is 19.7 Å². The molecule has 5 heterocycles. The third-order valence-corrected chi connectivity index (χ3v) is 16.2. The summed E-state index contributed by atoms with van der Waals surface area (Å²) in [7, 11) is -2.08. The Labute approximate surface area is 444 Å². The smallest absolute Gasteiger partial charge is 0.135 e. The molecular formula is C63H53N6OPtSi-3. The van der Waals surface area contributed by atoms with Crippen LogP contribution in [0.3, 0.4) is 0 Å². The fourth-order valence-electron chi connectivity index (χ4n) is 10.7. The molecule has 0 fully saturated rings. The van der Waals surface area contributed by atoms with Crippen molar-refractivity contribution >= 4 is 101 Å². The zero-order valence-corrected chi connectivity index (χ0v) is 43.9. The van der Waals surface area contributed by atoms with Crippen LogP contribution in [0.1, 0.15) is 34.6 Å². The second kappa shape index (κ2) is 16.9. The molecule has 72 heavy (non-hydrogen) atoms. The van der Waals surface area contributed by atoms with Crippen LogP contribution in [0, 0.1) is 18.8 Å². The van der Waals surface area contributed by atoms with Gasteiger partial charge in [-0.1, -0.05) is 143 Å². The molecule has 358 valence electrons. The number of benzene rings is 8. The van der Waals surface area contributed by atoms with Gasteiger partial charge in [0.05, 0.1) is 24.8 Å². The number of fused-ring (bicyclic) bond motifs is 10. The fraction of sp³-hybridized carbons (Fsp3) is 0.143. The summed E-state index contributed by atoms with van der Waals surface area (Å²) in [5.74, 6) is 1.78. The Kier molecular flexibility index (Phi) is 9.19. The van der Waals surface area contributed by atoms with E-state index < -0.39 is 22.0 Å². The molecule has 1 aliphatic heterocycles. The Hall–Kier alpha value is -7.38. The second-order valence-electron chi connectivity index (χ2n) is 20.7. The number of aryl methyl sites for hydroxylation is 2. The van der Waals surface area contributed by atoms with Crippen molar-refractivity contribution in [2.75, 3.05) is 9.80 Å². The monoisotopic (exact) mass is 1140 g/mol. The minimum Gasteiger partial charge on any atom is -0.509 e. The number of para-hydroxylation sites is 5. The molecule has 0 bridgehead atoms. The molecule has 7 nitrogen and oxygen atoms in total. The summed E-state index contributed by atoms with van der Waals surface area (Å²) < 4.78 is 66.2. The molecule has 0 atom stereocenters. The summed E-state index contributed by atoms with van der Waals surface area (Å²) in [4.78, 5) is 9.15. The standard InChI is InChI=1S/C63H53N6OSi.Pt/c1-63(2,3)52-37-59(64-38-51(52)40-20-10-9-11-21-40)69-55-27-17-14-22-45(55)48-31-30-42(35-58(48)69)70-43-32-41(33-44(34-43)71(6,7)8)67-39-68(57-29-19-18-28-56(57)67)62-60-49(46-23-12-15-25-53(46)65(60)4)36-50-47-24-13-16-26-54(47)66(5)61(50)62;/h9-31,33-34,36-39H,1-8H3;/q-3;/i4D3,5D3;. The zero-order valence-electron chi connectivity index (χ0n) is 46.7. The van der Waals surface area contributed by atoms with Crippen molar-refractivity contribution in [3.8, 4) is 28.4 Å². The number of nitrogens with zero attached hydrogens (tertiary/aromatic N) is 6. The zero-order chi connectivity index (χ0) is 53.5. The summed E-state index contributed by atoms with van der Waals surface area (Å²) >= 11 is 0. The van der Waals surface area contributed by atoms with Crippen molar-refractivity contribution < 1.29 is 34.0 Å². The molecular weight excluding hydrogens is 1080 g/mol. The topological polar surface area (TPSA) is 43.4 Å². The van der Waals surface area contributed by atoms with E-state index in [2.05, 4.69) is 130 Å². The molecule has 4 aromatic heterocycles. The average molecular weight is 1140 g/mol. The predicted molar refractivity (Wildman–Crippen MR) is 299 cm³/mol. The van der Waals surface area contributed by atoms with Gasteiger partial charge in [-0.2, -0.15) is 17.3 Å². The van der Waals surface area contributed by atoms with E-state index in [1.807, 2.05) is 114 Å². The number of hydrogen-bond acceptors (Lipinski definition) is 4. The van der Waals surface area contributed by atoms with E-state index in [9.17, 15) is 0 Å². The van der Waals surface area contributed by atoms with E-state index in [0.29, 0.717) is 55.7 Å². The SMILES string of the molecule is [2H]C([2H])([2H])n1c2ccccc2c2cc3c4ccccc4n(C([2H])([2H])[2H])c3c(N3[CH-]N(c4[c-]c(Oc5[c-]c6c(cc5)c5ccccc5n6-c5cc(C(C)(C)C)c(-c6ccccc6)cn5)cc([Si](C)(C)C)c4)c4ccccc43)c21.[Pt]. The maximum atomic E-state index is 9.04. The summed E-state index contributed by atoms with van der Waals surface area (Å²) in [6, 6.07) is 61.4. The quantitative estimate of drug-likeness (QED) is 0.118. The molecule has 1 aliphatic rings. The summed E-state index contributed by atoms with van der Waals surface area (Å²) in [6.45, 7) is 10.2. The Morgan fingerprint density at radius 1 is 0.583 bits per heavy atom. The third kappa shape index (κ3) is 7.13. The molecule has 0 radical (unpaired) electrons. The number of hydrogen-bond donors (Lipinski definition) is 0. The van der Waals surface area contributed by atoms with Crippen LogP contribution in [0.5, 0.6) is 11.5 Å². The van der Waals surface area contributed by atoms with Crippen molar-refractivity contribution in [2.45, 2.75) is 45.8 Å². The summed E-state index contributed by atoms with van der Waals surface area (Å²) in [5, 5.41) is 6.10. The molecule has 0 saturated heterocycles. The Morgan fingerprint density at radius 3 is 1.79 bits per heavy atom. The molecule has 9 heteroatoms. The first kappa shape index (κ1) is 39.3. The van der Waals surface area contributed by atoms with Gasteiger partial charge in [-0.15, -0.1) is 42.0 Å². The largest absolute Gasteiger partial charge is 0.509 e. The Morgan fingerprint density at radius 2 is 1.17 bits per heavy atom. The van der Waals surface area contributed by atoms with E-state index in [1.54, 1.807) is 0 Å². The third-order valence-electron chi connectivity index (χ3n) is 14.2.